The maximum absolute atomic E-state index is 12.4. The molecule has 208 valence electrons. The van der Waals surface area contributed by atoms with Crippen molar-refractivity contribution in [3.05, 3.63) is 23.3 Å². The smallest absolute Gasteiger partial charge is 0.331 e. The number of aliphatic hydroxyl groups is 1. The molecule has 2 aliphatic heterocycles. The van der Waals surface area contributed by atoms with Gasteiger partial charge in [-0.3, -0.25) is 9.59 Å². The van der Waals surface area contributed by atoms with Gasteiger partial charge in [0.15, 0.2) is 0 Å². The summed E-state index contributed by atoms with van der Waals surface area (Å²) in [5.74, 6) is -0.996. The average Bonchev–Trinajstić information content (AvgIpc) is 3.51. The summed E-state index contributed by atoms with van der Waals surface area (Å²) in [7, 11) is 0. The molecule has 4 fully saturated rings. The van der Waals surface area contributed by atoms with E-state index in [1.165, 1.54) is 19.4 Å². The van der Waals surface area contributed by atoms with Gasteiger partial charge < -0.3 is 24.1 Å². The van der Waals surface area contributed by atoms with Gasteiger partial charge in [-0.1, -0.05) is 39.3 Å². The number of carbonyl (C=O) groups excluding carboxylic acids is 3. The Morgan fingerprint density at radius 3 is 2.39 bits per heavy atom. The van der Waals surface area contributed by atoms with Gasteiger partial charge in [0.2, 0.25) is 0 Å². The molecule has 6 aliphatic rings. The predicted octanol–water partition coefficient (Wildman–Crippen LogP) is 3.51. The standard InChI is InChI=1S/C30H40O8/c1-15(31)37-21-12-22(38-16(2)32)30(6)20-9-10-27(3)18(17-11-23(33)35-13-17)7-8-19(27)29(20,5)26(34)24-25(30)28(21,4)14-36-24/h8,11,18,20-22,24-26,34H,7,9-10,12-14H2,1-6H3. The number of hydrogen-bond acceptors (Lipinski definition) is 8. The lowest BCUT2D eigenvalue weighted by Gasteiger charge is -2.69. The SMILES string of the molecule is CC(=O)OC1CC(OC(C)=O)C2(C)C3C(OCC13C)C(O)C1(C)C3=CCC(C4=CC(=O)OC4)C3(C)CCC12. The highest BCUT2D eigenvalue weighted by atomic mass is 16.6. The monoisotopic (exact) mass is 528 g/mol. The second-order valence-corrected chi connectivity index (χ2v) is 13.5. The maximum Gasteiger partial charge on any atom is 0.331 e. The Morgan fingerprint density at radius 2 is 1.76 bits per heavy atom. The van der Waals surface area contributed by atoms with E-state index in [-0.39, 0.29) is 41.1 Å². The predicted molar refractivity (Wildman–Crippen MR) is 135 cm³/mol. The summed E-state index contributed by atoms with van der Waals surface area (Å²) in [5.41, 5.74) is 0.411. The molecule has 0 aromatic carbocycles. The van der Waals surface area contributed by atoms with Gasteiger partial charge in [0.1, 0.15) is 18.8 Å². The zero-order chi connectivity index (χ0) is 27.4. The van der Waals surface area contributed by atoms with Crippen molar-refractivity contribution in [2.45, 2.75) is 91.6 Å². The molecule has 38 heavy (non-hydrogen) atoms. The second kappa shape index (κ2) is 8.17. The zero-order valence-electron chi connectivity index (χ0n) is 23.2. The van der Waals surface area contributed by atoms with Crippen molar-refractivity contribution in [1.29, 1.82) is 0 Å². The molecule has 4 aliphatic carbocycles. The van der Waals surface area contributed by atoms with Gasteiger partial charge in [-0.2, -0.15) is 0 Å². The third-order valence-electron chi connectivity index (χ3n) is 11.8. The van der Waals surface area contributed by atoms with Crippen LogP contribution in [0, 0.1) is 39.4 Å². The maximum atomic E-state index is 12.4. The number of hydrogen-bond donors (Lipinski definition) is 1. The Balaban J connectivity index is 1.46. The van der Waals surface area contributed by atoms with Gasteiger partial charge >= 0.3 is 17.9 Å². The highest BCUT2D eigenvalue weighted by molar-refractivity contribution is 5.85. The first-order valence-corrected chi connectivity index (χ1v) is 14.0. The van der Waals surface area contributed by atoms with E-state index < -0.39 is 40.7 Å². The van der Waals surface area contributed by atoms with Crippen LogP contribution in [0.2, 0.25) is 0 Å². The quantitative estimate of drug-likeness (QED) is 0.337. The van der Waals surface area contributed by atoms with Crippen LogP contribution in [-0.4, -0.2) is 60.6 Å². The molecule has 0 spiro atoms. The molecule has 6 rings (SSSR count). The molecule has 1 N–H and O–H groups in total. The summed E-state index contributed by atoms with van der Waals surface area (Å²) in [4.78, 5) is 36.4. The number of allylic oxidation sites excluding steroid dienone is 1. The van der Waals surface area contributed by atoms with Crippen molar-refractivity contribution >= 4 is 17.9 Å². The Kier molecular flexibility index (Phi) is 5.60. The first kappa shape index (κ1) is 26.1. The van der Waals surface area contributed by atoms with Crippen LogP contribution < -0.4 is 0 Å². The molecule has 0 aromatic heterocycles. The van der Waals surface area contributed by atoms with Crippen molar-refractivity contribution < 1.29 is 38.4 Å². The number of fused-ring (bicyclic) bond motifs is 4. The van der Waals surface area contributed by atoms with E-state index in [1.54, 1.807) is 6.08 Å². The molecule has 0 bridgehead atoms. The van der Waals surface area contributed by atoms with E-state index in [0.29, 0.717) is 19.6 Å². The lowest BCUT2D eigenvalue weighted by molar-refractivity contribution is -0.263. The van der Waals surface area contributed by atoms with E-state index in [9.17, 15) is 19.5 Å². The number of ether oxygens (including phenoxy) is 4. The number of rotatable bonds is 3. The normalized spacial score (nSPS) is 50.7. The first-order valence-electron chi connectivity index (χ1n) is 14.0. The van der Waals surface area contributed by atoms with E-state index in [2.05, 4.69) is 33.8 Å². The minimum atomic E-state index is -0.776. The fourth-order valence-corrected chi connectivity index (χ4v) is 10.4. The summed E-state index contributed by atoms with van der Waals surface area (Å²) < 4.78 is 23.7. The van der Waals surface area contributed by atoms with Crippen LogP contribution in [0.1, 0.15) is 67.2 Å². The van der Waals surface area contributed by atoms with E-state index in [1.807, 2.05) is 0 Å². The molecule has 11 atom stereocenters. The molecule has 11 unspecified atom stereocenters. The average molecular weight is 529 g/mol. The molecule has 0 aromatic rings. The molecule has 0 radical (unpaired) electrons. The van der Waals surface area contributed by atoms with Crippen molar-refractivity contribution in [3.8, 4) is 0 Å². The summed E-state index contributed by atoms with van der Waals surface area (Å²) in [5, 5.41) is 12.2. The van der Waals surface area contributed by atoms with Crippen LogP contribution in [0.4, 0.5) is 0 Å². The Labute approximate surface area is 224 Å². The van der Waals surface area contributed by atoms with Crippen LogP contribution in [0.5, 0.6) is 0 Å². The summed E-state index contributed by atoms with van der Waals surface area (Å²) in [6, 6.07) is 0. The molecule has 8 heteroatoms. The van der Waals surface area contributed by atoms with Gasteiger partial charge in [0.05, 0.1) is 18.8 Å². The lowest BCUT2D eigenvalue weighted by atomic mass is 9.36. The van der Waals surface area contributed by atoms with Crippen LogP contribution in [0.25, 0.3) is 0 Å². The topological polar surface area (TPSA) is 108 Å². The Hall–Kier alpha value is -2.19. The number of carbonyl (C=O) groups is 3. The van der Waals surface area contributed by atoms with Crippen LogP contribution >= 0.6 is 0 Å². The van der Waals surface area contributed by atoms with Crippen molar-refractivity contribution in [1.82, 2.24) is 0 Å². The van der Waals surface area contributed by atoms with Gasteiger partial charge in [-0.15, -0.1) is 0 Å². The van der Waals surface area contributed by atoms with Gasteiger partial charge in [0, 0.05) is 48.5 Å². The number of aliphatic hydroxyl groups excluding tert-OH is 1. The second-order valence-electron chi connectivity index (χ2n) is 13.5. The fraction of sp³-hybridized carbons (Fsp3) is 0.767. The molecule has 3 saturated carbocycles. The third kappa shape index (κ3) is 3.13. The van der Waals surface area contributed by atoms with E-state index in [4.69, 9.17) is 18.9 Å². The molecular formula is C30H40O8. The zero-order valence-corrected chi connectivity index (χ0v) is 23.2. The van der Waals surface area contributed by atoms with Gasteiger partial charge in [-0.05, 0) is 42.1 Å². The number of cyclic esters (lactones) is 1. The van der Waals surface area contributed by atoms with Crippen molar-refractivity contribution in [3.63, 3.8) is 0 Å². The van der Waals surface area contributed by atoms with Crippen molar-refractivity contribution in [2.75, 3.05) is 13.2 Å². The Morgan fingerprint density at radius 1 is 1.08 bits per heavy atom. The van der Waals surface area contributed by atoms with Crippen LogP contribution in [0.15, 0.2) is 23.3 Å². The molecule has 1 saturated heterocycles. The molecule has 0 amide bonds. The van der Waals surface area contributed by atoms with Crippen LogP contribution in [0.3, 0.4) is 0 Å². The third-order valence-corrected chi connectivity index (χ3v) is 11.8. The molecular weight excluding hydrogens is 488 g/mol. The Bertz CT molecular complexity index is 1160. The lowest BCUT2D eigenvalue weighted by Crippen LogP contribution is -2.73. The van der Waals surface area contributed by atoms with Crippen LogP contribution in [-0.2, 0) is 33.3 Å². The number of esters is 3. The van der Waals surface area contributed by atoms with E-state index in [0.717, 1.165) is 24.8 Å². The fourth-order valence-electron chi connectivity index (χ4n) is 10.4. The highest BCUT2D eigenvalue weighted by Crippen LogP contribution is 2.75. The van der Waals surface area contributed by atoms with Gasteiger partial charge in [-0.25, -0.2) is 4.79 Å². The van der Waals surface area contributed by atoms with Gasteiger partial charge in [0.25, 0.3) is 0 Å². The van der Waals surface area contributed by atoms with Crippen molar-refractivity contribution in [2.24, 2.45) is 39.4 Å². The summed E-state index contributed by atoms with van der Waals surface area (Å²) in [6.07, 6.45) is 4.66. The minimum absolute atomic E-state index is 0.0171. The largest absolute Gasteiger partial charge is 0.462 e. The summed E-state index contributed by atoms with van der Waals surface area (Å²) in [6.45, 7) is 12.3. The minimum Gasteiger partial charge on any atom is -0.462 e. The molecule has 8 nitrogen and oxygen atoms in total. The summed E-state index contributed by atoms with van der Waals surface area (Å²) >= 11 is 0. The van der Waals surface area contributed by atoms with E-state index >= 15 is 0 Å². The first-order chi connectivity index (χ1) is 17.8. The highest BCUT2D eigenvalue weighted by Gasteiger charge is 2.77. The molecule has 2 heterocycles.